The van der Waals surface area contributed by atoms with Crippen molar-refractivity contribution in [2.75, 3.05) is 26.4 Å². The summed E-state index contributed by atoms with van der Waals surface area (Å²) in [5.41, 5.74) is 6.27. The topological polar surface area (TPSA) is 73.6 Å². The van der Waals surface area contributed by atoms with Crippen molar-refractivity contribution in [1.82, 2.24) is 5.32 Å². The summed E-state index contributed by atoms with van der Waals surface area (Å²) in [6.07, 6.45) is 2.15. The van der Waals surface area contributed by atoms with Crippen molar-refractivity contribution in [3.8, 4) is 5.75 Å². The first-order chi connectivity index (χ1) is 10.1. The lowest BCUT2D eigenvalue weighted by Gasteiger charge is -2.08. The summed E-state index contributed by atoms with van der Waals surface area (Å²) in [4.78, 5) is 11.9. The summed E-state index contributed by atoms with van der Waals surface area (Å²) >= 11 is 4.86. The van der Waals surface area contributed by atoms with E-state index in [1.807, 2.05) is 0 Å². The average molecular weight is 310 g/mol. The van der Waals surface area contributed by atoms with E-state index >= 15 is 0 Å². The molecule has 0 unspecified atom stereocenters. The minimum Gasteiger partial charge on any atom is -0.484 e. The molecule has 0 bridgehead atoms. The van der Waals surface area contributed by atoms with Gasteiger partial charge in [-0.05, 0) is 30.7 Å². The van der Waals surface area contributed by atoms with E-state index in [9.17, 15) is 4.79 Å². The Labute approximate surface area is 130 Å². The molecule has 0 saturated heterocycles. The number of benzene rings is 1. The van der Waals surface area contributed by atoms with Gasteiger partial charge in [-0.15, -0.1) is 0 Å². The molecule has 0 radical (unpaired) electrons. The lowest BCUT2D eigenvalue weighted by molar-refractivity contribution is -0.123. The van der Waals surface area contributed by atoms with Crippen LogP contribution in [0.15, 0.2) is 24.3 Å². The van der Waals surface area contributed by atoms with Crippen LogP contribution in [0.4, 0.5) is 0 Å². The number of hydrogen-bond donors (Lipinski definition) is 2. The Kier molecular flexibility index (Phi) is 8.38. The van der Waals surface area contributed by atoms with Crippen LogP contribution < -0.4 is 15.8 Å². The molecule has 0 saturated carbocycles. The van der Waals surface area contributed by atoms with Gasteiger partial charge in [-0.1, -0.05) is 25.6 Å². The van der Waals surface area contributed by atoms with Gasteiger partial charge >= 0.3 is 0 Å². The Morgan fingerprint density at radius 1 is 1.29 bits per heavy atom. The highest BCUT2D eigenvalue weighted by Crippen LogP contribution is 2.11. The van der Waals surface area contributed by atoms with E-state index in [-0.39, 0.29) is 12.5 Å². The first-order valence-electron chi connectivity index (χ1n) is 7.00. The molecule has 6 heteroatoms. The predicted octanol–water partition coefficient (Wildman–Crippen LogP) is 1.63. The normalized spacial score (nSPS) is 10.1. The molecule has 0 aromatic heterocycles. The van der Waals surface area contributed by atoms with Gasteiger partial charge < -0.3 is 20.5 Å². The highest BCUT2D eigenvalue weighted by Gasteiger charge is 2.03. The van der Waals surface area contributed by atoms with Gasteiger partial charge in [0.25, 0.3) is 5.91 Å². The van der Waals surface area contributed by atoms with Crippen molar-refractivity contribution in [1.29, 1.82) is 0 Å². The Hall–Kier alpha value is -1.66. The largest absolute Gasteiger partial charge is 0.484 e. The monoisotopic (exact) mass is 310 g/mol. The second-order valence-electron chi connectivity index (χ2n) is 4.49. The maximum atomic E-state index is 11.5. The Bertz CT molecular complexity index is 449. The van der Waals surface area contributed by atoms with Gasteiger partial charge in [-0.25, -0.2) is 0 Å². The second kappa shape index (κ2) is 10.1. The van der Waals surface area contributed by atoms with E-state index in [1.54, 1.807) is 24.3 Å². The number of thiocarbonyl (C=S) groups is 1. The van der Waals surface area contributed by atoms with Gasteiger partial charge in [-0.2, -0.15) is 0 Å². The van der Waals surface area contributed by atoms with E-state index in [1.165, 1.54) is 0 Å². The molecule has 3 N–H and O–H groups in total. The number of nitrogens with two attached hydrogens (primary N) is 1. The van der Waals surface area contributed by atoms with Gasteiger partial charge in [0.1, 0.15) is 10.7 Å². The maximum Gasteiger partial charge on any atom is 0.258 e. The number of carbonyl (C=O) groups excluding carboxylic acids is 1. The molecule has 0 fully saturated rings. The maximum absolute atomic E-state index is 11.5. The van der Waals surface area contributed by atoms with Crippen molar-refractivity contribution in [3.05, 3.63) is 29.8 Å². The number of amides is 1. The quantitative estimate of drug-likeness (QED) is 0.507. The van der Waals surface area contributed by atoms with Crippen LogP contribution in [0.1, 0.15) is 25.3 Å². The predicted molar refractivity (Wildman–Crippen MR) is 86.6 cm³/mol. The molecule has 0 aliphatic heterocycles. The van der Waals surface area contributed by atoms with E-state index in [0.29, 0.717) is 23.9 Å². The van der Waals surface area contributed by atoms with Crippen LogP contribution >= 0.6 is 12.2 Å². The molecule has 21 heavy (non-hydrogen) atoms. The minimum absolute atomic E-state index is 0.0264. The van der Waals surface area contributed by atoms with Crippen molar-refractivity contribution in [2.24, 2.45) is 5.73 Å². The minimum atomic E-state index is -0.174. The number of ether oxygens (including phenoxy) is 2. The van der Waals surface area contributed by atoms with Crippen molar-refractivity contribution >= 4 is 23.1 Å². The third kappa shape index (κ3) is 7.63. The number of nitrogens with one attached hydrogen (secondary N) is 1. The standard InChI is InChI=1S/C15H22N2O3S/c1-2-3-9-19-10-8-17-14(18)11-20-13-6-4-12(5-7-13)15(16)21/h4-7H,2-3,8-11H2,1H3,(H2,16,21)(H,17,18). The molecule has 0 aliphatic rings. The second-order valence-corrected chi connectivity index (χ2v) is 4.93. The van der Waals surface area contributed by atoms with Crippen LogP contribution in [-0.4, -0.2) is 37.3 Å². The van der Waals surface area contributed by atoms with E-state index in [2.05, 4.69) is 12.2 Å². The summed E-state index contributed by atoms with van der Waals surface area (Å²) in [5, 5.41) is 2.73. The molecule has 1 aromatic carbocycles. The summed E-state index contributed by atoms with van der Waals surface area (Å²) in [6, 6.07) is 6.99. The molecule has 5 nitrogen and oxygen atoms in total. The van der Waals surface area contributed by atoms with Crippen molar-refractivity contribution in [3.63, 3.8) is 0 Å². The zero-order valence-electron chi connectivity index (χ0n) is 12.3. The van der Waals surface area contributed by atoms with Gasteiger partial charge in [0.05, 0.1) is 6.61 Å². The van der Waals surface area contributed by atoms with Crippen LogP contribution in [0.2, 0.25) is 0 Å². The highest BCUT2D eigenvalue weighted by atomic mass is 32.1. The number of unbranched alkanes of at least 4 members (excludes halogenated alkanes) is 1. The Morgan fingerprint density at radius 3 is 2.62 bits per heavy atom. The van der Waals surface area contributed by atoms with E-state index < -0.39 is 0 Å². The summed E-state index contributed by atoms with van der Waals surface area (Å²) in [6.45, 7) is 3.83. The fraction of sp³-hybridized carbons (Fsp3) is 0.467. The highest BCUT2D eigenvalue weighted by molar-refractivity contribution is 7.80. The average Bonchev–Trinajstić information content (AvgIpc) is 2.49. The lowest BCUT2D eigenvalue weighted by atomic mass is 10.2. The molecular formula is C15H22N2O3S. The molecule has 0 heterocycles. The van der Waals surface area contributed by atoms with Gasteiger partial charge in [0, 0.05) is 18.7 Å². The van der Waals surface area contributed by atoms with Crippen LogP contribution in [0.5, 0.6) is 5.75 Å². The summed E-state index contributed by atoms with van der Waals surface area (Å²) in [5.74, 6) is 0.428. The molecular weight excluding hydrogens is 288 g/mol. The third-order valence-electron chi connectivity index (χ3n) is 2.72. The molecule has 0 aliphatic carbocycles. The van der Waals surface area contributed by atoms with Crippen molar-refractivity contribution < 1.29 is 14.3 Å². The lowest BCUT2D eigenvalue weighted by Crippen LogP contribution is -2.31. The third-order valence-corrected chi connectivity index (χ3v) is 2.96. The Morgan fingerprint density at radius 2 is 2.00 bits per heavy atom. The van der Waals surface area contributed by atoms with Crippen LogP contribution in [0, 0.1) is 0 Å². The smallest absolute Gasteiger partial charge is 0.258 e. The van der Waals surface area contributed by atoms with Crippen LogP contribution in [-0.2, 0) is 9.53 Å². The first-order valence-corrected chi connectivity index (χ1v) is 7.41. The van der Waals surface area contributed by atoms with Gasteiger partial charge in [-0.3, -0.25) is 4.79 Å². The van der Waals surface area contributed by atoms with E-state index in [0.717, 1.165) is 25.0 Å². The number of carbonyl (C=O) groups is 1. The molecule has 116 valence electrons. The first kappa shape index (κ1) is 17.4. The zero-order chi connectivity index (χ0) is 15.5. The van der Waals surface area contributed by atoms with Crippen LogP contribution in [0.25, 0.3) is 0 Å². The summed E-state index contributed by atoms with van der Waals surface area (Å²) < 4.78 is 10.7. The van der Waals surface area contributed by atoms with E-state index in [4.69, 9.17) is 27.4 Å². The fourth-order valence-corrected chi connectivity index (χ4v) is 1.66. The molecule has 1 aromatic rings. The molecule has 0 atom stereocenters. The number of rotatable bonds is 10. The van der Waals surface area contributed by atoms with Gasteiger partial charge in [0.15, 0.2) is 6.61 Å². The summed E-state index contributed by atoms with van der Waals surface area (Å²) in [7, 11) is 0. The number of hydrogen-bond acceptors (Lipinski definition) is 4. The molecule has 1 rings (SSSR count). The van der Waals surface area contributed by atoms with Crippen molar-refractivity contribution in [2.45, 2.75) is 19.8 Å². The molecule has 1 amide bonds. The van der Waals surface area contributed by atoms with Crippen LogP contribution in [0.3, 0.4) is 0 Å². The fourth-order valence-electron chi connectivity index (χ4n) is 1.53. The Balaban J connectivity index is 2.16. The van der Waals surface area contributed by atoms with Gasteiger partial charge in [0.2, 0.25) is 0 Å². The SMILES string of the molecule is CCCCOCCNC(=O)COc1ccc(C(N)=S)cc1. The molecule has 0 spiro atoms. The zero-order valence-corrected chi connectivity index (χ0v) is 13.1.